The first kappa shape index (κ1) is 20.9. The molecule has 0 spiro atoms. The first-order chi connectivity index (χ1) is 15.1. The fraction of sp³-hybridized carbons (Fsp3) is 0.269. The molecule has 1 aliphatic carbocycles. The molecule has 0 heterocycles. The summed E-state index contributed by atoms with van der Waals surface area (Å²) in [5, 5.41) is 17.3. The van der Waals surface area contributed by atoms with Gasteiger partial charge in [-0.25, -0.2) is 4.79 Å². The van der Waals surface area contributed by atoms with Crippen LogP contribution in [-0.2, 0) is 12.0 Å². The number of carbonyl (C=O) groups is 1. The largest absolute Gasteiger partial charge is 0.497 e. The Morgan fingerprint density at radius 3 is 2.29 bits per heavy atom. The number of rotatable bonds is 6. The average molecular weight is 417 g/mol. The molecule has 5 nitrogen and oxygen atoms in total. The Labute approximate surface area is 183 Å². The van der Waals surface area contributed by atoms with E-state index < -0.39 is 5.60 Å². The van der Waals surface area contributed by atoms with Crippen molar-refractivity contribution in [2.75, 3.05) is 13.7 Å². The van der Waals surface area contributed by atoms with Crippen LogP contribution < -0.4 is 15.4 Å². The minimum atomic E-state index is -1.09. The second kappa shape index (κ2) is 9.23. The predicted octanol–water partition coefficient (Wildman–Crippen LogP) is 4.31. The van der Waals surface area contributed by atoms with E-state index in [4.69, 9.17) is 4.74 Å². The first-order valence-electron chi connectivity index (χ1n) is 10.6. The van der Waals surface area contributed by atoms with Crippen LogP contribution in [0.3, 0.4) is 0 Å². The number of carbonyl (C=O) groups excluding carboxylic acids is 1. The number of hydrogen-bond acceptors (Lipinski definition) is 3. The van der Waals surface area contributed by atoms with Crippen LogP contribution >= 0.6 is 0 Å². The van der Waals surface area contributed by atoms with Crippen molar-refractivity contribution in [3.8, 4) is 5.75 Å². The van der Waals surface area contributed by atoms with Crippen molar-refractivity contribution in [1.82, 2.24) is 10.6 Å². The summed E-state index contributed by atoms with van der Waals surface area (Å²) in [4.78, 5) is 12.8. The standard InChI is InChI=1S/C26H28N2O3/c1-31-22-14-15-23-21(17-22)13-8-16-26(23,30)18-27-25(29)28-24(19-9-4-2-5-10-19)20-11-6-3-7-12-20/h2-7,9-12,14-15,17,24,30H,8,13,16,18H2,1H3,(H2,27,28,29). The van der Waals surface area contributed by atoms with Gasteiger partial charge in [0.15, 0.2) is 0 Å². The van der Waals surface area contributed by atoms with Gasteiger partial charge in [-0.05, 0) is 53.6 Å². The maximum Gasteiger partial charge on any atom is 0.315 e. The summed E-state index contributed by atoms with van der Waals surface area (Å²) in [6.07, 6.45) is 2.36. The lowest BCUT2D eigenvalue weighted by molar-refractivity contribution is 0.0216. The minimum Gasteiger partial charge on any atom is -0.497 e. The number of fused-ring (bicyclic) bond motifs is 1. The summed E-state index contributed by atoms with van der Waals surface area (Å²) < 4.78 is 5.31. The molecule has 0 saturated heterocycles. The molecule has 0 aromatic heterocycles. The molecule has 0 aliphatic heterocycles. The Hall–Kier alpha value is -3.31. The number of amides is 2. The van der Waals surface area contributed by atoms with Gasteiger partial charge in [-0.3, -0.25) is 0 Å². The summed E-state index contributed by atoms with van der Waals surface area (Å²) in [6.45, 7) is 0.147. The smallest absolute Gasteiger partial charge is 0.315 e. The third-order valence-corrected chi connectivity index (χ3v) is 5.93. The lowest BCUT2D eigenvalue weighted by atomic mass is 9.79. The van der Waals surface area contributed by atoms with Gasteiger partial charge in [0.05, 0.1) is 19.7 Å². The van der Waals surface area contributed by atoms with Crippen LogP contribution in [0.4, 0.5) is 4.79 Å². The van der Waals surface area contributed by atoms with Crippen LogP contribution in [0.25, 0.3) is 0 Å². The molecule has 0 fully saturated rings. The van der Waals surface area contributed by atoms with E-state index in [0.29, 0.717) is 6.42 Å². The number of nitrogens with one attached hydrogen (secondary N) is 2. The van der Waals surface area contributed by atoms with Crippen LogP contribution in [0, 0.1) is 0 Å². The van der Waals surface area contributed by atoms with Gasteiger partial charge in [-0.15, -0.1) is 0 Å². The second-order valence-electron chi connectivity index (χ2n) is 7.99. The summed E-state index contributed by atoms with van der Waals surface area (Å²) in [6, 6.07) is 24.9. The average Bonchev–Trinajstić information content (AvgIpc) is 2.82. The summed E-state index contributed by atoms with van der Waals surface area (Å²) in [5.74, 6) is 0.780. The molecular weight excluding hydrogens is 388 g/mol. The first-order valence-corrected chi connectivity index (χ1v) is 10.6. The maximum absolute atomic E-state index is 12.8. The third kappa shape index (κ3) is 4.72. The monoisotopic (exact) mass is 416 g/mol. The quantitative estimate of drug-likeness (QED) is 0.561. The summed E-state index contributed by atoms with van der Waals surface area (Å²) >= 11 is 0. The van der Waals surface area contributed by atoms with Crippen molar-refractivity contribution >= 4 is 6.03 Å². The Bertz CT molecular complexity index is 984. The molecule has 4 rings (SSSR count). The topological polar surface area (TPSA) is 70.6 Å². The summed E-state index contributed by atoms with van der Waals surface area (Å²) in [7, 11) is 1.64. The van der Waals surface area contributed by atoms with Crippen molar-refractivity contribution in [2.24, 2.45) is 0 Å². The van der Waals surface area contributed by atoms with Gasteiger partial charge in [-0.2, -0.15) is 0 Å². The molecule has 0 saturated carbocycles. The van der Waals surface area contributed by atoms with Crippen molar-refractivity contribution in [3.63, 3.8) is 0 Å². The molecule has 5 heteroatoms. The lowest BCUT2D eigenvalue weighted by Gasteiger charge is -2.35. The van der Waals surface area contributed by atoms with E-state index >= 15 is 0 Å². The van der Waals surface area contributed by atoms with E-state index in [2.05, 4.69) is 10.6 Å². The zero-order valence-corrected chi connectivity index (χ0v) is 17.7. The number of methoxy groups -OCH3 is 1. The zero-order chi connectivity index (χ0) is 21.7. The SMILES string of the molecule is COc1ccc2c(c1)CCCC2(O)CNC(=O)NC(c1ccccc1)c1ccccc1. The van der Waals surface area contributed by atoms with Gasteiger partial charge in [0.1, 0.15) is 11.4 Å². The molecule has 3 aromatic rings. The van der Waals surface area contributed by atoms with Gasteiger partial charge < -0.3 is 20.5 Å². The maximum atomic E-state index is 12.8. The van der Waals surface area contributed by atoms with Gasteiger partial charge in [-0.1, -0.05) is 66.7 Å². The molecule has 1 unspecified atom stereocenters. The molecular formula is C26H28N2O3. The molecule has 31 heavy (non-hydrogen) atoms. The van der Waals surface area contributed by atoms with Crippen molar-refractivity contribution in [3.05, 3.63) is 101 Å². The molecule has 1 atom stereocenters. The predicted molar refractivity (Wildman–Crippen MR) is 121 cm³/mol. The third-order valence-electron chi connectivity index (χ3n) is 5.93. The number of ether oxygens (including phenoxy) is 1. The van der Waals surface area contributed by atoms with E-state index in [9.17, 15) is 9.90 Å². The van der Waals surface area contributed by atoms with Gasteiger partial charge in [0, 0.05) is 0 Å². The normalized spacial score (nSPS) is 17.6. The molecule has 0 radical (unpaired) electrons. The van der Waals surface area contributed by atoms with Crippen LogP contribution in [0.15, 0.2) is 78.9 Å². The minimum absolute atomic E-state index is 0.147. The number of aliphatic hydroxyl groups is 1. The number of benzene rings is 3. The molecule has 1 aliphatic rings. The van der Waals surface area contributed by atoms with E-state index in [0.717, 1.165) is 40.8 Å². The van der Waals surface area contributed by atoms with E-state index in [-0.39, 0.29) is 18.6 Å². The Kier molecular flexibility index (Phi) is 6.23. The highest BCUT2D eigenvalue weighted by Gasteiger charge is 2.35. The Morgan fingerprint density at radius 1 is 1.03 bits per heavy atom. The van der Waals surface area contributed by atoms with E-state index in [1.54, 1.807) is 7.11 Å². The lowest BCUT2D eigenvalue weighted by Crippen LogP contribution is -2.47. The Balaban J connectivity index is 1.48. The zero-order valence-electron chi connectivity index (χ0n) is 17.7. The fourth-order valence-corrected chi connectivity index (χ4v) is 4.31. The van der Waals surface area contributed by atoms with Crippen LogP contribution in [0.5, 0.6) is 5.75 Å². The molecule has 2 amide bonds. The van der Waals surface area contributed by atoms with Gasteiger partial charge >= 0.3 is 6.03 Å². The molecule has 3 aromatic carbocycles. The van der Waals surface area contributed by atoms with Crippen molar-refractivity contribution < 1.29 is 14.6 Å². The highest BCUT2D eigenvalue weighted by atomic mass is 16.5. The summed E-state index contributed by atoms with van der Waals surface area (Å²) in [5.41, 5.74) is 2.84. The second-order valence-corrected chi connectivity index (χ2v) is 7.99. The van der Waals surface area contributed by atoms with E-state index in [1.165, 1.54) is 0 Å². The van der Waals surface area contributed by atoms with Gasteiger partial charge in [0.25, 0.3) is 0 Å². The van der Waals surface area contributed by atoms with Crippen LogP contribution in [0.1, 0.15) is 41.1 Å². The molecule has 0 bridgehead atoms. The number of urea groups is 1. The number of hydrogen-bond donors (Lipinski definition) is 3. The van der Waals surface area contributed by atoms with E-state index in [1.807, 2.05) is 78.9 Å². The Morgan fingerprint density at radius 2 is 1.68 bits per heavy atom. The fourth-order valence-electron chi connectivity index (χ4n) is 4.31. The highest BCUT2D eigenvalue weighted by molar-refractivity contribution is 5.75. The molecule has 160 valence electrons. The van der Waals surface area contributed by atoms with Gasteiger partial charge in [0.2, 0.25) is 0 Å². The number of aryl methyl sites for hydroxylation is 1. The van der Waals surface area contributed by atoms with Crippen molar-refractivity contribution in [2.45, 2.75) is 30.9 Å². The van der Waals surface area contributed by atoms with Crippen molar-refractivity contribution in [1.29, 1.82) is 0 Å². The highest BCUT2D eigenvalue weighted by Crippen LogP contribution is 2.36. The van der Waals surface area contributed by atoms with Crippen LogP contribution in [0.2, 0.25) is 0 Å². The molecule has 3 N–H and O–H groups in total. The van der Waals surface area contributed by atoms with Crippen LogP contribution in [-0.4, -0.2) is 24.8 Å².